The summed E-state index contributed by atoms with van der Waals surface area (Å²) in [7, 11) is 0. The zero-order valence-corrected chi connectivity index (χ0v) is 13.0. The van der Waals surface area contributed by atoms with Crippen molar-refractivity contribution in [1.82, 2.24) is 10.3 Å². The van der Waals surface area contributed by atoms with Crippen LogP contribution in [0.25, 0.3) is 0 Å². The maximum atomic E-state index is 12.2. The van der Waals surface area contributed by atoms with Crippen LogP contribution in [0.1, 0.15) is 36.3 Å². The predicted molar refractivity (Wildman–Crippen MR) is 85.6 cm³/mol. The molecule has 2 rings (SSSR count). The Labute approximate surface area is 130 Å². The number of nitrogens with zero attached hydrogens (tertiary/aromatic N) is 1. The van der Waals surface area contributed by atoms with Gasteiger partial charge in [-0.05, 0) is 44.4 Å². The van der Waals surface area contributed by atoms with E-state index in [0.717, 1.165) is 12.8 Å². The molecule has 110 valence electrons. The number of hydrogen-bond acceptors (Lipinski definition) is 2. The van der Waals surface area contributed by atoms with E-state index in [1.54, 1.807) is 12.1 Å². The Balaban J connectivity index is 1.95. The molecule has 4 heteroatoms. The van der Waals surface area contributed by atoms with E-state index >= 15 is 0 Å². The fraction of sp³-hybridized carbons (Fsp3) is 0.294. The highest BCUT2D eigenvalue weighted by Gasteiger charge is 2.21. The van der Waals surface area contributed by atoms with Crippen molar-refractivity contribution < 1.29 is 4.79 Å². The topological polar surface area (TPSA) is 42.0 Å². The zero-order valence-electron chi connectivity index (χ0n) is 12.3. The van der Waals surface area contributed by atoms with E-state index in [9.17, 15) is 4.79 Å². The first-order chi connectivity index (χ1) is 9.96. The molecular weight excluding hydrogens is 284 g/mol. The molecule has 1 amide bonds. The minimum atomic E-state index is -0.309. The van der Waals surface area contributed by atoms with Gasteiger partial charge in [0.1, 0.15) is 5.69 Å². The molecule has 0 saturated heterocycles. The molecule has 0 aliphatic heterocycles. The Kier molecular flexibility index (Phi) is 4.97. The van der Waals surface area contributed by atoms with Gasteiger partial charge in [0.25, 0.3) is 5.91 Å². The van der Waals surface area contributed by atoms with Crippen molar-refractivity contribution in [2.45, 2.75) is 32.2 Å². The van der Waals surface area contributed by atoms with E-state index in [0.29, 0.717) is 10.7 Å². The number of carbonyl (C=O) groups is 1. The van der Waals surface area contributed by atoms with Crippen LogP contribution in [-0.4, -0.2) is 16.4 Å². The fourth-order valence-electron chi connectivity index (χ4n) is 2.06. The summed E-state index contributed by atoms with van der Waals surface area (Å²) in [5.41, 5.74) is 1.30. The van der Waals surface area contributed by atoms with Crippen LogP contribution in [-0.2, 0) is 6.42 Å². The summed E-state index contributed by atoms with van der Waals surface area (Å²) in [4.78, 5) is 16.2. The molecule has 0 aliphatic rings. The van der Waals surface area contributed by atoms with Crippen molar-refractivity contribution in [3.63, 3.8) is 0 Å². The number of nitrogens with one attached hydrogen (secondary N) is 1. The lowest BCUT2D eigenvalue weighted by Crippen LogP contribution is -2.44. The van der Waals surface area contributed by atoms with Gasteiger partial charge >= 0.3 is 0 Å². The number of aryl methyl sites for hydroxylation is 1. The Hall–Kier alpha value is -1.87. The molecule has 1 aromatic carbocycles. The largest absolute Gasteiger partial charge is 0.346 e. The Morgan fingerprint density at radius 1 is 1.24 bits per heavy atom. The van der Waals surface area contributed by atoms with Gasteiger partial charge in [-0.25, -0.2) is 0 Å². The first kappa shape index (κ1) is 15.5. The number of aromatic nitrogens is 1. The second-order valence-corrected chi connectivity index (χ2v) is 6.12. The minimum Gasteiger partial charge on any atom is -0.346 e. The van der Waals surface area contributed by atoms with Crippen LogP contribution >= 0.6 is 11.6 Å². The number of rotatable bonds is 5. The second-order valence-electron chi connectivity index (χ2n) is 5.68. The molecule has 1 N–H and O–H groups in total. The zero-order chi connectivity index (χ0) is 15.3. The average Bonchev–Trinajstić information content (AvgIpc) is 2.46. The predicted octanol–water partition coefficient (Wildman–Crippen LogP) is 3.88. The highest BCUT2D eigenvalue weighted by Crippen LogP contribution is 2.15. The Morgan fingerprint density at radius 2 is 1.95 bits per heavy atom. The molecule has 0 atom stereocenters. The van der Waals surface area contributed by atoms with Gasteiger partial charge in [-0.2, -0.15) is 0 Å². The lowest BCUT2D eigenvalue weighted by molar-refractivity contribution is 0.0904. The summed E-state index contributed by atoms with van der Waals surface area (Å²) in [6.45, 7) is 4.02. The molecule has 0 aliphatic carbocycles. The molecule has 0 spiro atoms. The fourth-order valence-corrected chi connectivity index (χ4v) is 2.22. The quantitative estimate of drug-likeness (QED) is 0.911. The molecular formula is C17H19ClN2O. The van der Waals surface area contributed by atoms with Gasteiger partial charge in [-0.15, -0.1) is 0 Å². The molecule has 1 heterocycles. The van der Waals surface area contributed by atoms with Gasteiger partial charge in [-0.3, -0.25) is 9.78 Å². The third kappa shape index (κ3) is 4.87. The van der Waals surface area contributed by atoms with Gasteiger partial charge in [0.05, 0.1) is 0 Å². The van der Waals surface area contributed by atoms with Crippen LogP contribution in [0.2, 0.25) is 5.02 Å². The van der Waals surface area contributed by atoms with Gasteiger partial charge in [0.15, 0.2) is 0 Å². The van der Waals surface area contributed by atoms with Crippen molar-refractivity contribution in [1.29, 1.82) is 0 Å². The summed E-state index contributed by atoms with van der Waals surface area (Å²) in [5, 5.41) is 3.52. The van der Waals surface area contributed by atoms with E-state index in [2.05, 4.69) is 22.4 Å². The minimum absolute atomic E-state index is 0.199. The van der Waals surface area contributed by atoms with Crippen LogP contribution in [0.5, 0.6) is 0 Å². The van der Waals surface area contributed by atoms with Crippen molar-refractivity contribution in [3.8, 4) is 0 Å². The van der Waals surface area contributed by atoms with Crippen LogP contribution in [0.15, 0.2) is 48.7 Å². The number of amides is 1. The molecule has 21 heavy (non-hydrogen) atoms. The molecule has 0 fully saturated rings. The first-order valence-corrected chi connectivity index (χ1v) is 7.32. The number of halogens is 1. The first-order valence-electron chi connectivity index (χ1n) is 6.94. The van der Waals surface area contributed by atoms with Gasteiger partial charge in [0.2, 0.25) is 0 Å². The van der Waals surface area contributed by atoms with Crippen molar-refractivity contribution in [2.24, 2.45) is 0 Å². The van der Waals surface area contributed by atoms with Gasteiger partial charge < -0.3 is 5.32 Å². The smallest absolute Gasteiger partial charge is 0.270 e. The number of pyridine rings is 1. The van der Waals surface area contributed by atoms with E-state index in [1.807, 2.05) is 32.0 Å². The molecule has 0 saturated carbocycles. The third-order valence-corrected chi connectivity index (χ3v) is 3.52. The Bertz CT molecular complexity index is 611. The summed E-state index contributed by atoms with van der Waals surface area (Å²) >= 11 is 5.88. The monoisotopic (exact) mass is 302 g/mol. The molecule has 2 aromatic rings. The SMILES string of the molecule is CC(C)(CCc1ccccc1)NC(=O)c1cc(Cl)ccn1. The highest BCUT2D eigenvalue weighted by atomic mass is 35.5. The highest BCUT2D eigenvalue weighted by molar-refractivity contribution is 6.30. The van der Waals surface area contributed by atoms with Crippen LogP contribution in [0.3, 0.4) is 0 Å². The lowest BCUT2D eigenvalue weighted by atomic mass is 9.95. The Morgan fingerprint density at radius 3 is 2.62 bits per heavy atom. The summed E-state index contributed by atoms with van der Waals surface area (Å²) < 4.78 is 0. The number of carbonyl (C=O) groups excluding carboxylic acids is 1. The molecule has 1 aromatic heterocycles. The van der Waals surface area contributed by atoms with E-state index in [-0.39, 0.29) is 11.4 Å². The molecule has 0 bridgehead atoms. The summed E-state index contributed by atoms with van der Waals surface area (Å²) in [5.74, 6) is -0.199. The standard InChI is InChI=1S/C17H19ClN2O/c1-17(2,10-8-13-6-4-3-5-7-13)20-16(21)15-12-14(18)9-11-19-15/h3-7,9,11-12H,8,10H2,1-2H3,(H,20,21). The second kappa shape index (κ2) is 6.72. The van der Waals surface area contributed by atoms with Crippen molar-refractivity contribution in [3.05, 3.63) is 64.9 Å². The maximum Gasteiger partial charge on any atom is 0.270 e. The summed E-state index contributed by atoms with van der Waals surface area (Å²) in [6.07, 6.45) is 3.30. The number of hydrogen-bond donors (Lipinski definition) is 1. The van der Waals surface area contributed by atoms with Gasteiger partial charge in [0, 0.05) is 16.8 Å². The lowest BCUT2D eigenvalue weighted by Gasteiger charge is -2.26. The number of benzene rings is 1. The van der Waals surface area contributed by atoms with Crippen LogP contribution in [0.4, 0.5) is 0 Å². The maximum absolute atomic E-state index is 12.2. The third-order valence-electron chi connectivity index (χ3n) is 3.29. The molecule has 3 nitrogen and oxygen atoms in total. The van der Waals surface area contributed by atoms with E-state index < -0.39 is 0 Å². The molecule has 0 radical (unpaired) electrons. The van der Waals surface area contributed by atoms with E-state index in [4.69, 9.17) is 11.6 Å². The summed E-state index contributed by atoms with van der Waals surface area (Å²) in [6, 6.07) is 13.5. The van der Waals surface area contributed by atoms with Crippen molar-refractivity contribution in [2.75, 3.05) is 0 Å². The normalized spacial score (nSPS) is 11.2. The van der Waals surface area contributed by atoms with Crippen LogP contribution < -0.4 is 5.32 Å². The van der Waals surface area contributed by atoms with E-state index in [1.165, 1.54) is 11.8 Å². The average molecular weight is 303 g/mol. The van der Waals surface area contributed by atoms with Crippen molar-refractivity contribution >= 4 is 17.5 Å². The molecule has 0 unspecified atom stereocenters. The van der Waals surface area contributed by atoms with Gasteiger partial charge in [-0.1, -0.05) is 41.9 Å². The van der Waals surface area contributed by atoms with Crippen LogP contribution in [0, 0.1) is 0 Å².